The third-order valence-electron chi connectivity index (χ3n) is 3.69. The number of carbonyl (C=O) groups is 1. The van der Waals surface area contributed by atoms with E-state index in [0.29, 0.717) is 12.8 Å². The average molecular weight is 291 g/mol. The Morgan fingerprint density at radius 1 is 1.14 bits per heavy atom. The van der Waals surface area contributed by atoms with E-state index in [-0.39, 0.29) is 5.78 Å². The highest BCUT2D eigenvalue weighted by molar-refractivity contribution is 5.82. The number of rotatable bonds is 11. The van der Waals surface area contributed by atoms with Crippen molar-refractivity contribution in [2.45, 2.75) is 64.3 Å². The van der Waals surface area contributed by atoms with Gasteiger partial charge in [0.2, 0.25) is 5.78 Å². The molecule has 0 saturated heterocycles. The lowest BCUT2D eigenvalue weighted by Gasteiger charge is -2.08. The molecule has 1 rings (SSSR count). The van der Waals surface area contributed by atoms with Gasteiger partial charge in [0.1, 0.15) is 0 Å². The minimum Gasteiger partial charge on any atom is -0.292 e. The highest BCUT2D eigenvalue weighted by atomic mass is 16.6. The highest BCUT2D eigenvalue weighted by Crippen LogP contribution is 2.13. The van der Waals surface area contributed by atoms with Gasteiger partial charge in [-0.15, -0.1) is 0 Å². The summed E-state index contributed by atoms with van der Waals surface area (Å²) in [6.07, 6.45) is 6.04. The molecule has 0 bridgehead atoms. The summed E-state index contributed by atoms with van der Waals surface area (Å²) in [5, 5.41) is 11.0. The van der Waals surface area contributed by atoms with Gasteiger partial charge < -0.3 is 0 Å². The standard InChI is InChI=1S/C17H25NO3/c1-2-3-14-17(19)16(18(20)21)13-9-5-8-12-15-10-6-4-7-11-15/h4,6-7,10-11,16H,2-3,5,8-9,12-14H2,1H3. The number of benzene rings is 1. The average Bonchev–Trinajstić information content (AvgIpc) is 2.49. The fourth-order valence-electron chi connectivity index (χ4n) is 2.39. The van der Waals surface area contributed by atoms with Gasteiger partial charge in [-0.3, -0.25) is 14.9 Å². The van der Waals surface area contributed by atoms with Crippen LogP contribution in [0.1, 0.15) is 57.4 Å². The second kappa shape index (κ2) is 10.1. The van der Waals surface area contributed by atoms with Gasteiger partial charge in [-0.25, -0.2) is 0 Å². The van der Waals surface area contributed by atoms with Crippen molar-refractivity contribution in [2.75, 3.05) is 0 Å². The van der Waals surface area contributed by atoms with Crippen molar-refractivity contribution >= 4 is 5.78 Å². The molecule has 0 fully saturated rings. The van der Waals surface area contributed by atoms with Crippen LogP contribution in [0.4, 0.5) is 0 Å². The third kappa shape index (κ3) is 7.02. The molecule has 4 nitrogen and oxygen atoms in total. The summed E-state index contributed by atoms with van der Waals surface area (Å²) in [5.41, 5.74) is 1.29. The monoisotopic (exact) mass is 291 g/mol. The van der Waals surface area contributed by atoms with Crippen LogP contribution in [0.25, 0.3) is 0 Å². The number of nitrogens with zero attached hydrogens (tertiary/aromatic N) is 1. The Balaban J connectivity index is 2.24. The highest BCUT2D eigenvalue weighted by Gasteiger charge is 2.27. The Bertz CT molecular complexity index is 431. The molecule has 4 heteroatoms. The van der Waals surface area contributed by atoms with Gasteiger partial charge in [-0.1, -0.05) is 50.1 Å². The van der Waals surface area contributed by atoms with E-state index < -0.39 is 11.0 Å². The first-order valence-electron chi connectivity index (χ1n) is 7.85. The minimum absolute atomic E-state index is 0.204. The first kappa shape index (κ1) is 17.3. The Kier molecular flexibility index (Phi) is 8.32. The summed E-state index contributed by atoms with van der Waals surface area (Å²) in [4.78, 5) is 22.4. The Hall–Kier alpha value is -1.71. The number of nitro groups is 1. The zero-order chi connectivity index (χ0) is 15.5. The number of carbonyl (C=O) groups excluding carboxylic acids is 1. The molecular formula is C17H25NO3. The Morgan fingerprint density at radius 3 is 2.48 bits per heavy atom. The zero-order valence-electron chi connectivity index (χ0n) is 12.8. The number of Topliss-reactive ketones (excluding diaryl/α,β-unsaturated/α-hetero) is 1. The van der Waals surface area contributed by atoms with Crippen molar-refractivity contribution in [3.8, 4) is 0 Å². The second-order valence-electron chi connectivity index (χ2n) is 5.46. The molecule has 0 amide bonds. The molecule has 1 unspecified atom stereocenters. The molecule has 0 saturated carbocycles. The lowest BCUT2D eigenvalue weighted by Crippen LogP contribution is -2.29. The van der Waals surface area contributed by atoms with E-state index in [1.165, 1.54) is 5.56 Å². The SMILES string of the molecule is CCCCC(=O)C(CCCCCc1ccccc1)[N+](=O)[O-]. The van der Waals surface area contributed by atoms with Crippen LogP contribution in [0, 0.1) is 10.1 Å². The van der Waals surface area contributed by atoms with Crippen LogP contribution >= 0.6 is 0 Å². The van der Waals surface area contributed by atoms with Crippen LogP contribution in [0.3, 0.4) is 0 Å². The lowest BCUT2D eigenvalue weighted by molar-refractivity contribution is -0.508. The van der Waals surface area contributed by atoms with E-state index in [1.54, 1.807) is 0 Å². The molecule has 0 radical (unpaired) electrons. The summed E-state index contributed by atoms with van der Waals surface area (Å²) < 4.78 is 0. The number of ketones is 1. The largest absolute Gasteiger partial charge is 0.292 e. The van der Waals surface area contributed by atoms with Crippen molar-refractivity contribution < 1.29 is 9.72 Å². The maximum atomic E-state index is 11.8. The molecule has 0 aliphatic rings. The number of hydrogen-bond donors (Lipinski definition) is 0. The molecule has 116 valence electrons. The molecule has 0 aliphatic carbocycles. The molecule has 0 aliphatic heterocycles. The van der Waals surface area contributed by atoms with Crippen LogP contribution in [0.2, 0.25) is 0 Å². The van der Waals surface area contributed by atoms with Gasteiger partial charge in [0.25, 0.3) is 6.04 Å². The lowest BCUT2D eigenvalue weighted by atomic mass is 10.00. The number of hydrogen-bond acceptors (Lipinski definition) is 3. The van der Waals surface area contributed by atoms with E-state index in [4.69, 9.17) is 0 Å². The van der Waals surface area contributed by atoms with Gasteiger partial charge in [0.05, 0.1) is 0 Å². The van der Waals surface area contributed by atoms with Gasteiger partial charge >= 0.3 is 0 Å². The maximum absolute atomic E-state index is 11.8. The smallest absolute Gasteiger partial charge is 0.270 e. The quantitative estimate of drug-likeness (QED) is 0.349. The minimum atomic E-state index is -0.992. The normalized spacial score (nSPS) is 12.0. The summed E-state index contributed by atoms with van der Waals surface area (Å²) in [7, 11) is 0. The molecule has 1 aromatic rings. The predicted molar refractivity (Wildman–Crippen MR) is 83.9 cm³/mol. The fraction of sp³-hybridized carbons (Fsp3) is 0.588. The first-order valence-corrected chi connectivity index (χ1v) is 7.85. The van der Waals surface area contributed by atoms with Gasteiger partial charge in [0.15, 0.2) is 0 Å². The van der Waals surface area contributed by atoms with Crippen LogP contribution in [0.5, 0.6) is 0 Å². The predicted octanol–water partition coefficient (Wildman–Crippen LogP) is 4.19. The van der Waals surface area contributed by atoms with Crippen LogP contribution < -0.4 is 0 Å². The van der Waals surface area contributed by atoms with E-state index in [0.717, 1.165) is 38.5 Å². The van der Waals surface area contributed by atoms with Crippen LogP contribution in [0.15, 0.2) is 30.3 Å². The molecule has 0 heterocycles. The van der Waals surface area contributed by atoms with E-state index >= 15 is 0 Å². The summed E-state index contributed by atoms with van der Waals surface area (Å²) in [5.74, 6) is -0.204. The third-order valence-corrected chi connectivity index (χ3v) is 3.69. The van der Waals surface area contributed by atoms with Gasteiger partial charge in [-0.05, 0) is 31.2 Å². The molecular weight excluding hydrogens is 266 g/mol. The first-order chi connectivity index (χ1) is 10.1. The molecule has 1 atom stereocenters. The van der Waals surface area contributed by atoms with E-state index in [9.17, 15) is 14.9 Å². The van der Waals surface area contributed by atoms with Gasteiger partial charge in [0, 0.05) is 17.8 Å². The van der Waals surface area contributed by atoms with E-state index in [1.807, 2.05) is 25.1 Å². The number of unbranched alkanes of at least 4 members (excludes halogenated alkanes) is 3. The Morgan fingerprint density at radius 2 is 1.86 bits per heavy atom. The summed E-state index contributed by atoms with van der Waals surface area (Å²) in [6.45, 7) is 1.98. The van der Waals surface area contributed by atoms with Crippen molar-refractivity contribution in [1.29, 1.82) is 0 Å². The Labute approximate surface area is 126 Å². The summed E-state index contributed by atoms with van der Waals surface area (Å²) >= 11 is 0. The van der Waals surface area contributed by atoms with Gasteiger partial charge in [-0.2, -0.15) is 0 Å². The van der Waals surface area contributed by atoms with Crippen molar-refractivity contribution in [2.24, 2.45) is 0 Å². The fourth-order valence-corrected chi connectivity index (χ4v) is 2.39. The summed E-state index contributed by atoms with van der Waals surface area (Å²) in [6, 6.07) is 9.22. The van der Waals surface area contributed by atoms with E-state index in [2.05, 4.69) is 12.1 Å². The maximum Gasteiger partial charge on any atom is 0.270 e. The van der Waals surface area contributed by atoms with Crippen molar-refractivity contribution in [1.82, 2.24) is 0 Å². The zero-order valence-corrected chi connectivity index (χ0v) is 12.8. The molecule has 0 spiro atoms. The van der Waals surface area contributed by atoms with Crippen LogP contribution in [-0.2, 0) is 11.2 Å². The van der Waals surface area contributed by atoms with Crippen molar-refractivity contribution in [3.63, 3.8) is 0 Å². The molecule has 1 aromatic carbocycles. The topological polar surface area (TPSA) is 60.2 Å². The van der Waals surface area contributed by atoms with Crippen molar-refractivity contribution in [3.05, 3.63) is 46.0 Å². The molecule has 21 heavy (non-hydrogen) atoms. The van der Waals surface area contributed by atoms with Crippen LogP contribution in [-0.4, -0.2) is 16.7 Å². The number of aryl methyl sites for hydroxylation is 1. The molecule has 0 N–H and O–H groups in total. The molecule has 0 aromatic heterocycles. The second-order valence-corrected chi connectivity index (χ2v) is 5.46.